The molecule has 0 aromatic heterocycles. The summed E-state index contributed by atoms with van der Waals surface area (Å²) in [5.74, 6) is 0.609. The van der Waals surface area contributed by atoms with Gasteiger partial charge in [0.15, 0.2) is 0 Å². The molecule has 7 nitrogen and oxygen atoms in total. The van der Waals surface area contributed by atoms with Crippen LogP contribution in [0.4, 0.5) is 5.69 Å². The first-order valence-electron chi connectivity index (χ1n) is 8.69. The van der Waals surface area contributed by atoms with Gasteiger partial charge in [-0.1, -0.05) is 0 Å². The molecule has 144 valence electrons. The molecule has 2 aliphatic heterocycles. The maximum absolute atomic E-state index is 11.6. The minimum absolute atomic E-state index is 0.0371. The highest BCUT2D eigenvalue weighted by molar-refractivity contribution is 7.92. The van der Waals surface area contributed by atoms with E-state index in [4.69, 9.17) is 18.8 Å². The van der Waals surface area contributed by atoms with E-state index in [1.54, 1.807) is 18.2 Å². The molecule has 0 amide bonds. The standard InChI is InChI=1S/C17H26BNO6S/c1-16(2)17(3,4)25-18(24-16)14-10-12(19-26(5,20)21)6-7-15(14)23-13-8-9-22-11-13/h6-7,10,13,19H,8-9,11H2,1-5H3/t13-/m0/s1. The summed E-state index contributed by atoms with van der Waals surface area (Å²) >= 11 is 0. The number of benzene rings is 1. The van der Waals surface area contributed by atoms with E-state index in [9.17, 15) is 8.42 Å². The Balaban J connectivity index is 1.94. The van der Waals surface area contributed by atoms with Crippen molar-refractivity contribution in [3.8, 4) is 5.75 Å². The number of rotatable bonds is 5. The van der Waals surface area contributed by atoms with E-state index >= 15 is 0 Å². The summed E-state index contributed by atoms with van der Waals surface area (Å²) in [6, 6.07) is 5.11. The molecular formula is C17H26BNO6S. The molecule has 2 heterocycles. The van der Waals surface area contributed by atoms with Crippen LogP contribution in [0, 0.1) is 0 Å². The van der Waals surface area contributed by atoms with Crippen molar-refractivity contribution < 1.29 is 27.2 Å². The highest BCUT2D eigenvalue weighted by Crippen LogP contribution is 2.37. The van der Waals surface area contributed by atoms with Crippen LogP contribution in [-0.4, -0.2) is 52.3 Å². The van der Waals surface area contributed by atoms with Gasteiger partial charge in [-0.15, -0.1) is 0 Å². The third kappa shape index (κ3) is 4.16. The summed E-state index contributed by atoms with van der Waals surface area (Å²) < 4.78 is 49.4. The Labute approximate surface area is 155 Å². The molecule has 1 aromatic carbocycles. The van der Waals surface area contributed by atoms with Gasteiger partial charge in [-0.3, -0.25) is 4.72 Å². The van der Waals surface area contributed by atoms with Crippen molar-refractivity contribution in [2.24, 2.45) is 0 Å². The molecule has 0 saturated carbocycles. The minimum Gasteiger partial charge on any atom is -0.488 e. The Morgan fingerprint density at radius 1 is 1.19 bits per heavy atom. The van der Waals surface area contributed by atoms with E-state index in [1.165, 1.54) is 0 Å². The van der Waals surface area contributed by atoms with Gasteiger partial charge in [-0.05, 0) is 45.9 Å². The van der Waals surface area contributed by atoms with Gasteiger partial charge < -0.3 is 18.8 Å². The summed E-state index contributed by atoms with van der Waals surface area (Å²) in [6.07, 6.45) is 1.89. The molecule has 1 N–H and O–H groups in total. The quantitative estimate of drug-likeness (QED) is 0.777. The number of nitrogens with one attached hydrogen (secondary N) is 1. The lowest BCUT2D eigenvalue weighted by Crippen LogP contribution is -2.41. The zero-order valence-corrected chi connectivity index (χ0v) is 16.7. The molecular weight excluding hydrogens is 357 g/mol. The van der Waals surface area contributed by atoms with Gasteiger partial charge in [-0.2, -0.15) is 0 Å². The Morgan fingerprint density at radius 2 is 1.85 bits per heavy atom. The molecule has 2 aliphatic rings. The fraction of sp³-hybridized carbons (Fsp3) is 0.647. The smallest absolute Gasteiger partial charge is 0.488 e. The third-order valence-electron chi connectivity index (χ3n) is 5.00. The van der Waals surface area contributed by atoms with E-state index in [-0.39, 0.29) is 6.10 Å². The van der Waals surface area contributed by atoms with Crippen LogP contribution >= 0.6 is 0 Å². The molecule has 3 rings (SSSR count). The molecule has 0 spiro atoms. The van der Waals surface area contributed by atoms with Gasteiger partial charge in [0.2, 0.25) is 10.0 Å². The van der Waals surface area contributed by atoms with Crippen LogP contribution in [0.5, 0.6) is 5.75 Å². The Kier molecular flexibility index (Phi) is 5.02. The van der Waals surface area contributed by atoms with E-state index in [1.807, 2.05) is 27.7 Å². The Hall–Kier alpha value is -1.29. The summed E-state index contributed by atoms with van der Waals surface area (Å²) in [6.45, 7) is 9.08. The van der Waals surface area contributed by atoms with E-state index < -0.39 is 28.3 Å². The first kappa shape index (κ1) is 19.5. The number of sulfonamides is 1. The summed E-state index contributed by atoms with van der Waals surface area (Å²) in [5.41, 5.74) is 0.0774. The lowest BCUT2D eigenvalue weighted by Gasteiger charge is -2.32. The first-order valence-corrected chi connectivity index (χ1v) is 10.6. The number of anilines is 1. The summed E-state index contributed by atoms with van der Waals surface area (Å²) in [7, 11) is -4.04. The van der Waals surface area contributed by atoms with E-state index in [0.29, 0.717) is 30.1 Å². The monoisotopic (exact) mass is 383 g/mol. The average molecular weight is 383 g/mol. The highest BCUT2D eigenvalue weighted by atomic mass is 32.2. The van der Waals surface area contributed by atoms with Crippen molar-refractivity contribution >= 4 is 28.3 Å². The van der Waals surface area contributed by atoms with E-state index in [0.717, 1.165) is 12.7 Å². The summed E-state index contributed by atoms with van der Waals surface area (Å²) in [5, 5.41) is 0. The molecule has 1 atom stereocenters. The van der Waals surface area contributed by atoms with Gasteiger partial charge in [-0.25, -0.2) is 8.42 Å². The molecule has 0 radical (unpaired) electrons. The van der Waals surface area contributed by atoms with Crippen molar-refractivity contribution in [3.05, 3.63) is 18.2 Å². The zero-order chi connectivity index (χ0) is 19.2. The van der Waals surface area contributed by atoms with Crippen molar-refractivity contribution in [2.45, 2.75) is 51.4 Å². The maximum atomic E-state index is 11.6. The van der Waals surface area contributed by atoms with Crippen LogP contribution in [0.2, 0.25) is 0 Å². The zero-order valence-electron chi connectivity index (χ0n) is 15.9. The van der Waals surface area contributed by atoms with Gasteiger partial charge in [0.05, 0.1) is 30.7 Å². The molecule has 26 heavy (non-hydrogen) atoms. The first-order chi connectivity index (χ1) is 12.0. The van der Waals surface area contributed by atoms with E-state index in [2.05, 4.69) is 4.72 Å². The van der Waals surface area contributed by atoms with Crippen LogP contribution in [0.15, 0.2) is 18.2 Å². The second-order valence-corrected chi connectivity index (χ2v) is 9.57. The highest BCUT2D eigenvalue weighted by Gasteiger charge is 2.52. The molecule has 0 bridgehead atoms. The van der Waals surface area contributed by atoms with Crippen LogP contribution < -0.4 is 14.9 Å². The molecule has 2 saturated heterocycles. The van der Waals surface area contributed by atoms with Crippen LogP contribution in [0.25, 0.3) is 0 Å². The lowest BCUT2D eigenvalue weighted by molar-refractivity contribution is 0.00578. The Morgan fingerprint density at radius 3 is 2.38 bits per heavy atom. The van der Waals surface area contributed by atoms with Gasteiger partial charge in [0, 0.05) is 17.6 Å². The van der Waals surface area contributed by atoms with Gasteiger partial charge in [0.25, 0.3) is 0 Å². The SMILES string of the molecule is CC1(C)OB(c2cc(NS(C)(=O)=O)ccc2O[C@H]2CCOC2)OC1(C)C. The van der Waals surface area contributed by atoms with Gasteiger partial charge >= 0.3 is 7.12 Å². The largest absolute Gasteiger partial charge is 0.498 e. The summed E-state index contributed by atoms with van der Waals surface area (Å²) in [4.78, 5) is 0. The normalized spacial score (nSPS) is 24.7. The topological polar surface area (TPSA) is 83.1 Å². The molecule has 9 heteroatoms. The van der Waals surface area contributed by atoms with Crippen molar-refractivity contribution in [1.29, 1.82) is 0 Å². The predicted octanol–water partition coefficient (Wildman–Crippen LogP) is 1.52. The fourth-order valence-corrected chi connectivity index (χ4v) is 3.43. The van der Waals surface area contributed by atoms with Crippen LogP contribution in [0.3, 0.4) is 0 Å². The number of hydrogen-bond donors (Lipinski definition) is 1. The molecule has 1 aromatic rings. The number of hydrogen-bond acceptors (Lipinski definition) is 6. The van der Waals surface area contributed by atoms with Crippen molar-refractivity contribution in [2.75, 3.05) is 24.2 Å². The minimum atomic E-state index is -3.39. The second-order valence-electron chi connectivity index (χ2n) is 7.82. The second kappa shape index (κ2) is 6.71. The lowest BCUT2D eigenvalue weighted by atomic mass is 9.78. The average Bonchev–Trinajstić information content (AvgIpc) is 3.05. The van der Waals surface area contributed by atoms with Crippen molar-refractivity contribution in [1.82, 2.24) is 0 Å². The molecule has 2 fully saturated rings. The van der Waals surface area contributed by atoms with Gasteiger partial charge in [0.1, 0.15) is 11.9 Å². The third-order valence-corrected chi connectivity index (χ3v) is 5.61. The molecule has 0 aliphatic carbocycles. The fourth-order valence-electron chi connectivity index (χ4n) is 2.87. The van der Waals surface area contributed by atoms with Crippen molar-refractivity contribution in [3.63, 3.8) is 0 Å². The van der Waals surface area contributed by atoms with Crippen LogP contribution in [0.1, 0.15) is 34.1 Å². The van der Waals surface area contributed by atoms with Crippen LogP contribution in [-0.2, 0) is 24.1 Å². The Bertz CT molecular complexity index is 757. The molecule has 0 unspecified atom stereocenters. The maximum Gasteiger partial charge on any atom is 0.498 e. The number of ether oxygens (including phenoxy) is 2. The predicted molar refractivity (Wildman–Crippen MR) is 100 cm³/mol.